The molecule has 6 nitrogen and oxygen atoms in total. The molecule has 2 atom stereocenters. The van der Waals surface area contributed by atoms with Gasteiger partial charge in [-0.2, -0.15) is 5.10 Å². The van der Waals surface area contributed by atoms with Gasteiger partial charge < -0.3 is 10.4 Å². The number of aliphatic carboxylic acids is 1. The molecule has 1 fully saturated rings. The highest BCUT2D eigenvalue weighted by Gasteiger charge is 2.39. The number of nitrogens with one attached hydrogen (secondary N) is 1. The molecule has 0 radical (unpaired) electrons. The lowest BCUT2D eigenvalue weighted by molar-refractivity contribution is -0.140. The van der Waals surface area contributed by atoms with Gasteiger partial charge in [-0.3, -0.25) is 9.48 Å². The van der Waals surface area contributed by atoms with Crippen molar-refractivity contribution in [3.8, 4) is 0 Å². The highest BCUT2D eigenvalue weighted by atomic mass is 16.4. The first-order valence-corrected chi connectivity index (χ1v) is 5.01. The van der Waals surface area contributed by atoms with Crippen molar-refractivity contribution in [2.45, 2.75) is 25.3 Å². The lowest BCUT2D eigenvalue weighted by atomic mass is 9.92. The molecule has 1 aliphatic rings. The Morgan fingerprint density at radius 2 is 2.38 bits per heavy atom. The number of nitrogens with zero attached hydrogens (tertiary/aromatic N) is 2. The largest absolute Gasteiger partial charge is 0.480 e. The summed E-state index contributed by atoms with van der Waals surface area (Å²) in [6.07, 6.45) is 1.99. The molecule has 2 N–H and O–H groups in total. The van der Waals surface area contributed by atoms with Gasteiger partial charge in [0.15, 0.2) is 0 Å². The second-order valence-electron chi connectivity index (χ2n) is 4.04. The Hall–Kier alpha value is -1.85. The summed E-state index contributed by atoms with van der Waals surface area (Å²) < 4.78 is 1.63. The lowest BCUT2D eigenvalue weighted by Crippen LogP contribution is -2.36. The van der Waals surface area contributed by atoms with Crippen molar-refractivity contribution in [3.05, 3.63) is 17.5 Å². The summed E-state index contributed by atoms with van der Waals surface area (Å²) in [6.45, 7) is 1.82. The SMILES string of the molecule is Cc1nn(C)cc1C1CC(=O)NC1C(=O)O. The molecule has 1 aromatic rings. The fourth-order valence-corrected chi connectivity index (χ4v) is 2.16. The third-order valence-corrected chi connectivity index (χ3v) is 2.84. The average molecular weight is 223 g/mol. The molecule has 1 amide bonds. The molecule has 2 unspecified atom stereocenters. The molecule has 0 spiro atoms. The number of aryl methyl sites for hydroxylation is 2. The fourth-order valence-electron chi connectivity index (χ4n) is 2.16. The highest BCUT2D eigenvalue weighted by Crippen LogP contribution is 2.30. The maximum atomic E-state index is 11.3. The Morgan fingerprint density at radius 1 is 1.69 bits per heavy atom. The molecule has 6 heteroatoms. The van der Waals surface area contributed by atoms with Crippen LogP contribution in [0.15, 0.2) is 6.20 Å². The van der Waals surface area contributed by atoms with E-state index in [4.69, 9.17) is 5.11 Å². The number of rotatable bonds is 2. The second-order valence-corrected chi connectivity index (χ2v) is 4.04. The van der Waals surface area contributed by atoms with Gasteiger partial charge in [0.05, 0.1) is 5.69 Å². The van der Waals surface area contributed by atoms with Gasteiger partial charge >= 0.3 is 5.97 Å². The Labute approximate surface area is 92.3 Å². The number of aromatic nitrogens is 2. The van der Waals surface area contributed by atoms with Crippen LogP contribution in [0.4, 0.5) is 0 Å². The van der Waals surface area contributed by atoms with Crippen molar-refractivity contribution in [1.82, 2.24) is 15.1 Å². The van der Waals surface area contributed by atoms with Crippen LogP contribution in [0.2, 0.25) is 0 Å². The Balaban J connectivity index is 2.35. The normalized spacial score (nSPS) is 24.5. The van der Waals surface area contributed by atoms with E-state index in [1.165, 1.54) is 0 Å². The average Bonchev–Trinajstić information content (AvgIpc) is 2.69. The minimum absolute atomic E-state index is 0.212. The van der Waals surface area contributed by atoms with Gasteiger partial charge in [-0.05, 0) is 12.5 Å². The van der Waals surface area contributed by atoms with Crippen molar-refractivity contribution in [2.24, 2.45) is 7.05 Å². The quantitative estimate of drug-likeness (QED) is 0.726. The summed E-state index contributed by atoms with van der Waals surface area (Å²) in [5, 5.41) is 15.6. The minimum Gasteiger partial charge on any atom is -0.480 e. The van der Waals surface area contributed by atoms with E-state index < -0.39 is 12.0 Å². The van der Waals surface area contributed by atoms with Crippen LogP contribution in [0.25, 0.3) is 0 Å². The van der Waals surface area contributed by atoms with E-state index in [9.17, 15) is 9.59 Å². The van der Waals surface area contributed by atoms with Gasteiger partial charge in [0.1, 0.15) is 6.04 Å². The van der Waals surface area contributed by atoms with E-state index in [0.29, 0.717) is 0 Å². The second kappa shape index (κ2) is 3.62. The van der Waals surface area contributed by atoms with E-state index >= 15 is 0 Å². The summed E-state index contributed by atoms with van der Waals surface area (Å²) in [7, 11) is 1.77. The van der Waals surface area contributed by atoms with E-state index in [2.05, 4.69) is 10.4 Å². The van der Waals surface area contributed by atoms with Crippen molar-refractivity contribution in [2.75, 3.05) is 0 Å². The third-order valence-electron chi connectivity index (χ3n) is 2.84. The van der Waals surface area contributed by atoms with Gasteiger partial charge in [0.25, 0.3) is 0 Å². The van der Waals surface area contributed by atoms with Crippen LogP contribution in [0, 0.1) is 6.92 Å². The standard InChI is InChI=1S/C10H13N3O3/c1-5-7(4-13(2)12-5)6-3-8(14)11-9(6)10(15)16/h4,6,9H,3H2,1-2H3,(H,11,14)(H,15,16). The van der Waals surface area contributed by atoms with Crippen molar-refractivity contribution >= 4 is 11.9 Å². The zero-order chi connectivity index (χ0) is 11.9. The zero-order valence-corrected chi connectivity index (χ0v) is 9.10. The molecule has 0 saturated carbocycles. The van der Waals surface area contributed by atoms with Crippen molar-refractivity contribution in [3.63, 3.8) is 0 Å². The van der Waals surface area contributed by atoms with Crippen LogP contribution in [-0.2, 0) is 16.6 Å². The zero-order valence-electron chi connectivity index (χ0n) is 9.10. The summed E-state index contributed by atoms with van der Waals surface area (Å²) >= 11 is 0. The maximum Gasteiger partial charge on any atom is 0.326 e. The predicted molar refractivity (Wildman–Crippen MR) is 54.9 cm³/mol. The molecule has 86 valence electrons. The lowest BCUT2D eigenvalue weighted by Gasteiger charge is -2.13. The predicted octanol–water partition coefficient (Wildman–Crippen LogP) is -0.215. The van der Waals surface area contributed by atoms with Gasteiger partial charge in [-0.1, -0.05) is 0 Å². The number of amides is 1. The van der Waals surface area contributed by atoms with Gasteiger partial charge in [-0.15, -0.1) is 0 Å². The number of hydrogen-bond acceptors (Lipinski definition) is 3. The minimum atomic E-state index is -1.00. The first-order valence-electron chi connectivity index (χ1n) is 5.01. The fraction of sp³-hybridized carbons (Fsp3) is 0.500. The van der Waals surface area contributed by atoms with E-state index in [-0.39, 0.29) is 18.2 Å². The van der Waals surface area contributed by atoms with Gasteiger partial charge in [0, 0.05) is 25.6 Å². The number of carboxylic acids is 1. The maximum absolute atomic E-state index is 11.3. The van der Waals surface area contributed by atoms with E-state index in [0.717, 1.165) is 11.3 Å². The van der Waals surface area contributed by atoms with E-state index in [1.807, 2.05) is 6.92 Å². The van der Waals surface area contributed by atoms with Crippen LogP contribution < -0.4 is 5.32 Å². The Kier molecular flexibility index (Phi) is 2.41. The van der Waals surface area contributed by atoms with Crippen LogP contribution in [-0.4, -0.2) is 32.8 Å². The molecule has 2 heterocycles. The summed E-state index contributed by atoms with van der Waals surface area (Å²) in [6, 6.07) is -0.838. The summed E-state index contributed by atoms with van der Waals surface area (Å²) in [5.74, 6) is -1.54. The van der Waals surface area contributed by atoms with Gasteiger partial charge in [-0.25, -0.2) is 4.79 Å². The molecule has 1 aromatic heterocycles. The topological polar surface area (TPSA) is 84.2 Å². The van der Waals surface area contributed by atoms with Crippen LogP contribution >= 0.6 is 0 Å². The number of hydrogen-bond donors (Lipinski definition) is 2. The summed E-state index contributed by atoms with van der Waals surface area (Å²) in [5.41, 5.74) is 1.60. The number of carboxylic acid groups (broad SMARTS) is 1. The smallest absolute Gasteiger partial charge is 0.326 e. The highest BCUT2D eigenvalue weighted by molar-refractivity contribution is 5.89. The van der Waals surface area contributed by atoms with Crippen molar-refractivity contribution < 1.29 is 14.7 Å². The summed E-state index contributed by atoms with van der Waals surface area (Å²) in [4.78, 5) is 22.3. The van der Waals surface area contributed by atoms with Crippen LogP contribution in [0.3, 0.4) is 0 Å². The van der Waals surface area contributed by atoms with Gasteiger partial charge in [0.2, 0.25) is 5.91 Å². The first kappa shape index (κ1) is 10.7. The molecule has 16 heavy (non-hydrogen) atoms. The monoisotopic (exact) mass is 223 g/mol. The third kappa shape index (κ3) is 1.66. The molecule has 2 rings (SSSR count). The molecule has 0 bridgehead atoms. The Bertz CT molecular complexity index is 452. The first-order chi connectivity index (χ1) is 7.49. The number of carbonyl (C=O) groups excluding carboxylic acids is 1. The van der Waals surface area contributed by atoms with Crippen LogP contribution in [0.1, 0.15) is 23.6 Å². The molecule has 1 saturated heterocycles. The molecule has 1 aliphatic heterocycles. The molecule has 0 aliphatic carbocycles. The molecular formula is C10H13N3O3. The molecular weight excluding hydrogens is 210 g/mol. The van der Waals surface area contributed by atoms with Crippen molar-refractivity contribution in [1.29, 1.82) is 0 Å². The number of carbonyl (C=O) groups is 2. The molecule has 0 aromatic carbocycles. The van der Waals surface area contributed by atoms with Crippen LogP contribution in [0.5, 0.6) is 0 Å². The Morgan fingerprint density at radius 3 is 2.88 bits per heavy atom. The van der Waals surface area contributed by atoms with E-state index in [1.54, 1.807) is 17.9 Å².